The smallest absolute Gasteiger partial charge is 0.306 e. The Hall–Kier alpha value is 0.340. The van der Waals surface area contributed by atoms with Crippen molar-refractivity contribution in [3.8, 4) is 0 Å². The Kier molecular flexibility index (Phi) is 7.76. The summed E-state index contributed by atoms with van der Waals surface area (Å²) in [7, 11) is 0. The molecule has 0 rings (SSSR count). The van der Waals surface area contributed by atoms with Gasteiger partial charge in [-0.15, -0.1) is 34.8 Å². The van der Waals surface area contributed by atoms with Crippen LogP contribution in [0.1, 0.15) is 33.6 Å². The first kappa shape index (κ1) is 15.3. The monoisotopic (exact) mass is 274 g/mol. The second-order valence-corrected chi connectivity index (χ2v) is 5.25. The number of carbonyl (C=O) groups is 1. The van der Waals surface area contributed by atoms with Crippen LogP contribution in [0.3, 0.4) is 0 Å². The van der Waals surface area contributed by atoms with Gasteiger partial charge in [0.1, 0.15) is 10.9 Å². The highest BCUT2D eigenvalue weighted by Gasteiger charge is 2.28. The lowest BCUT2D eigenvalue weighted by Crippen LogP contribution is -2.31. The standard InChI is InChI=1S/C10H17Cl3O2/c1-4-5-8(14)15-7(3)6(2)9(11)10(12)13/h6-7,9-10H,4-5H2,1-3H3. The molecule has 0 radical (unpaired) electrons. The molecule has 0 aromatic carbocycles. The van der Waals surface area contributed by atoms with Crippen molar-refractivity contribution in [1.82, 2.24) is 0 Å². The van der Waals surface area contributed by atoms with Gasteiger partial charge in [-0.1, -0.05) is 13.8 Å². The summed E-state index contributed by atoms with van der Waals surface area (Å²) < 4.78 is 5.18. The summed E-state index contributed by atoms with van der Waals surface area (Å²) in [6.45, 7) is 5.58. The SMILES string of the molecule is CCCC(=O)OC(C)C(C)C(Cl)C(Cl)Cl. The fraction of sp³-hybridized carbons (Fsp3) is 0.900. The Morgan fingerprint density at radius 1 is 1.27 bits per heavy atom. The van der Waals surface area contributed by atoms with Gasteiger partial charge in [0.25, 0.3) is 0 Å². The third-order valence-corrected chi connectivity index (χ3v) is 3.71. The molecular weight excluding hydrogens is 258 g/mol. The summed E-state index contributed by atoms with van der Waals surface area (Å²) in [5, 5.41) is -0.419. The lowest BCUT2D eigenvalue weighted by atomic mass is 10.0. The van der Waals surface area contributed by atoms with Crippen LogP contribution < -0.4 is 0 Å². The Labute approximate surface area is 106 Å². The predicted molar refractivity (Wildman–Crippen MR) is 64.8 cm³/mol. The van der Waals surface area contributed by atoms with Crippen molar-refractivity contribution < 1.29 is 9.53 Å². The third-order valence-electron chi connectivity index (χ3n) is 2.25. The van der Waals surface area contributed by atoms with Crippen molar-refractivity contribution in [3.05, 3.63) is 0 Å². The molecule has 0 heterocycles. The van der Waals surface area contributed by atoms with Crippen LogP contribution in [0.25, 0.3) is 0 Å². The molecule has 0 aliphatic carbocycles. The second-order valence-electron chi connectivity index (χ2n) is 3.58. The number of halogens is 3. The molecule has 2 nitrogen and oxygen atoms in total. The summed E-state index contributed by atoms with van der Waals surface area (Å²) in [5.41, 5.74) is 0. The van der Waals surface area contributed by atoms with E-state index in [0.717, 1.165) is 6.42 Å². The fourth-order valence-corrected chi connectivity index (χ4v) is 1.73. The summed E-state index contributed by atoms with van der Waals surface area (Å²) >= 11 is 17.3. The molecule has 5 heteroatoms. The molecular formula is C10H17Cl3O2. The molecule has 3 atom stereocenters. The molecule has 90 valence electrons. The molecule has 0 saturated carbocycles. The van der Waals surface area contributed by atoms with Crippen LogP contribution in [0.5, 0.6) is 0 Å². The van der Waals surface area contributed by atoms with Gasteiger partial charge in [0, 0.05) is 12.3 Å². The minimum absolute atomic E-state index is 0.0764. The molecule has 0 aliphatic heterocycles. The summed E-state index contributed by atoms with van der Waals surface area (Å²) in [5.74, 6) is -0.283. The average molecular weight is 276 g/mol. The number of ether oxygens (including phenoxy) is 1. The van der Waals surface area contributed by atoms with Gasteiger partial charge in [-0.05, 0) is 13.3 Å². The second kappa shape index (κ2) is 7.59. The van der Waals surface area contributed by atoms with Gasteiger partial charge >= 0.3 is 5.97 Å². The van der Waals surface area contributed by atoms with Gasteiger partial charge < -0.3 is 4.74 Å². The average Bonchev–Trinajstić information content (AvgIpc) is 2.15. The first-order chi connectivity index (χ1) is 6.90. The van der Waals surface area contributed by atoms with Crippen LogP contribution in [-0.2, 0) is 9.53 Å². The highest BCUT2D eigenvalue weighted by molar-refractivity contribution is 6.48. The van der Waals surface area contributed by atoms with Crippen molar-refractivity contribution in [2.24, 2.45) is 5.92 Å². The van der Waals surface area contributed by atoms with E-state index in [-0.39, 0.29) is 18.0 Å². The maximum atomic E-state index is 11.2. The molecule has 0 N–H and O–H groups in total. The van der Waals surface area contributed by atoms with E-state index in [1.165, 1.54) is 0 Å². The molecule has 0 saturated heterocycles. The number of hydrogen-bond donors (Lipinski definition) is 0. The van der Waals surface area contributed by atoms with Gasteiger partial charge in [0.15, 0.2) is 0 Å². The highest BCUT2D eigenvalue weighted by Crippen LogP contribution is 2.25. The van der Waals surface area contributed by atoms with Crippen molar-refractivity contribution in [2.75, 3.05) is 0 Å². The minimum Gasteiger partial charge on any atom is -0.462 e. The number of esters is 1. The molecule has 0 bridgehead atoms. The van der Waals surface area contributed by atoms with E-state index in [2.05, 4.69) is 0 Å². The number of hydrogen-bond acceptors (Lipinski definition) is 2. The molecule has 0 aliphatic rings. The van der Waals surface area contributed by atoms with Gasteiger partial charge in [-0.2, -0.15) is 0 Å². The molecule has 15 heavy (non-hydrogen) atoms. The topological polar surface area (TPSA) is 26.3 Å². The first-order valence-corrected chi connectivity index (χ1v) is 6.32. The molecule has 0 spiro atoms. The van der Waals surface area contributed by atoms with Crippen LogP contribution in [0.4, 0.5) is 0 Å². The maximum absolute atomic E-state index is 11.2. The van der Waals surface area contributed by atoms with Crippen molar-refractivity contribution in [2.45, 2.75) is 49.9 Å². The zero-order valence-electron chi connectivity index (χ0n) is 9.17. The minimum atomic E-state index is -0.658. The van der Waals surface area contributed by atoms with Gasteiger partial charge in [-0.3, -0.25) is 4.79 Å². The zero-order chi connectivity index (χ0) is 12.0. The fourth-order valence-electron chi connectivity index (χ4n) is 1.07. The van der Waals surface area contributed by atoms with E-state index in [1.54, 1.807) is 6.92 Å². The van der Waals surface area contributed by atoms with Crippen LogP contribution in [0.2, 0.25) is 0 Å². The van der Waals surface area contributed by atoms with E-state index >= 15 is 0 Å². The van der Waals surface area contributed by atoms with Crippen molar-refractivity contribution in [1.29, 1.82) is 0 Å². The van der Waals surface area contributed by atoms with Crippen LogP contribution in [-0.4, -0.2) is 22.3 Å². The Bertz CT molecular complexity index is 197. The summed E-state index contributed by atoms with van der Waals surface area (Å²) in [4.78, 5) is 10.6. The first-order valence-electron chi connectivity index (χ1n) is 5.01. The van der Waals surface area contributed by atoms with Crippen LogP contribution in [0, 0.1) is 5.92 Å². The molecule has 0 fully saturated rings. The van der Waals surface area contributed by atoms with Gasteiger partial charge in [0.2, 0.25) is 0 Å². The van der Waals surface area contributed by atoms with Gasteiger partial charge in [0.05, 0.1) is 5.38 Å². The zero-order valence-corrected chi connectivity index (χ0v) is 11.4. The Morgan fingerprint density at radius 3 is 2.20 bits per heavy atom. The van der Waals surface area contributed by atoms with E-state index in [0.29, 0.717) is 6.42 Å². The van der Waals surface area contributed by atoms with Gasteiger partial charge in [-0.25, -0.2) is 0 Å². The third kappa shape index (κ3) is 5.84. The molecule has 0 aromatic heterocycles. The summed E-state index contributed by atoms with van der Waals surface area (Å²) in [6.07, 6.45) is 0.930. The lowest BCUT2D eigenvalue weighted by molar-refractivity contribution is -0.150. The summed E-state index contributed by atoms with van der Waals surface area (Å²) in [6, 6.07) is 0. The highest BCUT2D eigenvalue weighted by atomic mass is 35.5. The van der Waals surface area contributed by atoms with E-state index in [1.807, 2.05) is 13.8 Å². The molecule has 3 unspecified atom stereocenters. The number of carbonyl (C=O) groups excluding carboxylic acids is 1. The molecule has 0 amide bonds. The Morgan fingerprint density at radius 2 is 1.80 bits per heavy atom. The quantitative estimate of drug-likeness (QED) is 0.545. The largest absolute Gasteiger partial charge is 0.462 e. The number of rotatable bonds is 6. The van der Waals surface area contributed by atoms with E-state index in [9.17, 15) is 4.79 Å². The molecule has 0 aromatic rings. The van der Waals surface area contributed by atoms with Crippen molar-refractivity contribution in [3.63, 3.8) is 0 Å². The van der Waals surface area contributed by atoms with E-state index < -0.39 is 10.2 Å². The Balaban J connectivity index is 4.08. The normalized spacial score (nSPS) is 17.3. The maximum Gasteiger partial charge on any atom is 0.306 e. The van der Waals surface area contributed by atoms with Crippen molar-refractivity contribution >= 4 is 40.8 Å². The van der Waals surface area contributed by atoms with E-state index in [4.69, 9.17) is 39.5 Å². The predicted octanol–water partition coefficient (Wildman–Crippen LogP) is 3.77. The van der Waals surface area contributed by atoms with Crippen LogP contribution >= 0.6 is 34.8 Å². The number of alkyl halides is 3. The van der Waals surface area contributed by atoms with Crippen LogP contribution in [0.15, 0.2) is 0 Å². The lowest BCUT2D eigenvalue weighted by Gasteiger charge is -2.25.